The van der Waals surface area contributed by atoms with Gasteiger partial charge in [0.25, 0.3) is 0 Å². The van der Waals surface area contributed by atoms with Gasteiger partial charge < -0.3 is 5.32 Å². The Balaban J connectivity index is 1.84. The molecule has 0 saturated carbocycles. The predicted molar refractivity (Wildman–Crippen MR) is 82.9 cm³/mol. The number of rotatable bonds is 4. The molecule has 2 aromatic heterocycles. The largest absolute Gasteiger partial charge is 0.373 e. The Morgan fingerprint density at radius 3 is 3.05 bits per heavy atom. The summed E-state index contributed by atoms with van der Waals surface area (Å²) in [5.41, 5.74) is 1.49. The molecule has 1 aliphatic rings. The van der Waals surface area contributed by atoms with Crippen molar-refractivity contribution in [2.45, 2.75) is 32.4 Å². The summed E-state index contributed by atoms with van der Waals surface area (Å²) in [6.45, 7) is 3.33. The van der Waals surface area contributed by atoms with Gasteiger partial charge in [0, 0.05) is 25.9 Å². The molecule has 3 heterocycles. The normalized spacial score (nSPS) is 18.6. The van der Waals surface area contributed by atoms with Gasteiger partial charge in [-0.1, -0.05) is 0 Å². The van der Waals surface area contributed by atoms with Gasteiger partial charge in [0.2, 0.25) is 0 Å². The Kier molecular flexibility index (Phi) is 4.29. The average Bonchev–Trinajstić information content (AvgIpc) is 2.97. The number of likely N-dealkylation sites (tertiary alicyclic amines) is 1. The van der Waals surface area contributed by atoms with Crippen molar-refractivity contribution < 1.29 is 4.39 Å². The first kappa shape index (κ1) is 14.8. The van der Waals surface area contributed by atoms with Gasteiger partial charge in [0.1, 0.15) is 17.5 Å². The summed E-state index contributed by atoms with van der Waals surface area (Å²) in [7, 11) is 1.85. The summed E-state index contributed by atoms with van der Waals surface area (Å²) >= 11 is 0. The molecule has 0 bridgehead atoms. The Hall–Kier alpha value is -2.08. The molecule has 0 aromatic carbocycles. The Labute approximate surface area is 129 Å². The summed E-state index contributed by atoms with van der Waals surface area (Å²) in [6, 6.07) is 5.24. The monoisotopic (exact) mass is 301 g/mol. The van der Waals surface area contributed by atoms with Gasteiger partial charge in [-0.15, -0.1) is 0 Å². The van der Waals surface area contributed by atoms with Crippen LogP contribution in [0.15, 0.2) is 24.4 Å². The van der Waals surface area contributed by atoms with Crippen molar-refractivity contribution >= 4 is 5.82 Å². The molecule has 5 nitrogen and oxygen atoms in total. The van der Waals surface area contributed by atoms with Crippen molar-refractivity contribution in [1.82, 2.24) is 19.9 Å². The number of hydrogen-bond donors (Lipinski definition) is 1. The molecule has 0 radical (unpaired) electrons. The minimum absolute atomic E-state index is 0.190. The number of aromatic nitrogens is 3. The van der Waals surface area contributed by atoms with Crippen LogP contribution in [0.3, 0.4) is 0 Å². The third-order valence-corrected chi connectivity index (χ3v) is 4.01. The highest BCUT2D eigenvalue weighted by atomic mass is 19.1. The van der Waals surface area contributed by atoms with E-state index >= 15 is 0 Å². The highest BCUT2D eigenvalue weighted by Crippen LogP contribution is 2.32. The van der Waals surface area contributed by atoms with Crippen LogP contribution in [0, 0.1) is 12.7 Å². The van der Waals surface area contributed by atoms with Gasteiger partial charge in [-0.25, -0.2) is 14.4 Å². The van der Waals surface area contributed by atoms with Crippen LogP contribution in [0.5, 0.6) is 0 Å². The molecule has 116 valence electrons. The quantitative estimate of drug-likeness (QED) is 0.941. The molecule has 6 heteroatoms. The third-order valence-electron chi connectivity index (χ3n) is 4.01. The number of pyridine rings is 1. The van der Waals surface area contributed by atoms with Crippen LogP contribution < -0.4 is 5.32 Å². The van der Waals surface area contributed by atoms with E-state index in [2.05, 4.69) is 25.2 Å². The molecule has 1 fully saturated rings. The Morgan fingerprint density at radius 1 is 1.41 bits per heavy atom. The van der Waals surface area contributed by atoms with Crippen LogP contribution in [0.25, 0.3) is 0 Å². The number of halogens is 1. The average molecular weight is 301 g/mol. The smallest absolute Gasteiger partial charge is 0.146 e. The number of aryl methyl sites for hydroxylation is 1. The van der Waals surface area contributed by atoms with Crippen molar-refractivity contribution in [3.8, 4) is 0 Å². The maximum Gasteiger partial charge on any atom is 0.146 e. The van der Waals surface area contributed by atoms with Crippen LogP contribution in [-0.2, 0) is 6.54 Å². The van der Waals surface area contributed by atoms with Gasteiger partial charge in [-0.3, -0.25) is 9.88 Å². The van der Waals surface area contributed by atoms with Crippen LogP contribution in [-0.4, -0.2) is 33.4 Å². The van der Waals surface area contributed by atoms with Crippen LogP contribution in [0.1, 0.15) is 36.1 Å². The van der Waals surface area contributed by atoms with Gasteiger partial charge >= 0.3 is 0 Å². The predicted octanol–water partition coefficient (Wildman–Crippen LogP) is 2.70. The molecular weight excluding hydrogens is 281 g/mol. The van der Waals surface area contributed by atoms with Crippen molar-refractivity contribution in [3.05, 3.63) is 47.4 Å². The molecular formula is C16H20FN5. The zero-order chi connectivity index (χ0) is 15.5. The van der Waals surface area contributed by atoms with Crippen molar-refractivity contribution in [2.24, 2.45) is 0 Å². The lowest BCUT2D eigenvalue weighted by Crippen LogP contribution is -2.25. The lowest BCUT2D eigenvalue weighted by atomic mass is 10.1. The molecule has 1 aliphatic heterocycles. The van der Waals surface area contributed by atoms with E-state index in [1.165, 1.54) is 6.07 Å². The first-order chi connectivity index (χ1) is 10.7. The van der Waals surface area contributed by atoms with Crippen LogP contribution >= 0.6 is 0 Å². The fourth-order valence-electron chi connectivity index (χ4n) is 2.97. The lowest BCUT2D eigenvalue weighted by molar-refractivity contribution is 0.237. The molecule has 22 heavy (non-hydrogen) atoms. The minimum Gasteiger partial charge on any atom is -0.373 e. The van der Waals surface area contributed by atoms with E-state index < -0.39 is 0 Å². The molecule has 0 spiro atoms. The van der Waals surface area contributed by atoms with Gasteiger partial charge in [0.05, 0.1) is 17.4 Å². The zero-order valence-electron chi connectivity index (χ0n) is 12.9. The first-order valence-electron chi connectivity index (χ1n) is 7.54. The van der Waals surface area contributed by atoms with E-state index in [1.807, 2.05) is 20.0 Å². The van der Waals surface area contributed by atoms with Crippen molar-refractivity contribution in [1.29, 1.82) is 0 Å². The zero-order valence-corrected chi connectivity index (χ0v) is 12.9. The molecule has 0 amide bonds. The molecule has 3 rings (SSSR count). The van der Waals surface area contributed by atoms with Crippen LogP contribution in [0.2, 0.25) is 0 Å². The van der Waals surface area contributed by atoms with E-state index in [-0.39, 0.29) is 11.9 Å². The second kappa shape index (κ2) is 6.36. The summed E-state index contributed by atoms with van der Waals surface area (Å²) in [4.78, 5) is 15.3. The highest BCUT2D eigenvalue weighted by Gasteiger charge is 2.28. The molecule has 0 unspecified atom stereocenters. The molecule has 0 aliphatic carbocycles. The first-order valence-corrected chi connectivity index (χ1v) is 7.54. The standard InChI is InChI=1S/C16H20FN5/c1-11-20-13(9-16(18-2)21-11)15-6-4-8-22(15)10-14-12(17)5-3-7-19-14/h3,5,7,9,15H,4,6,8,10H2,1-2H3,(H,18,20,21)/t15-/m0/s1. The number of nitrogens with one attached hydrogen (secondary N) is 1. The molecule has 1 atom stereocenters. The summed E-state index contributed by atoms with van der Waals surface area (Å²) < 4.78 is 13.8. The van der Waals surface area contributed by atoms with E-state index in [0.717, 1.165) is 36.7 Å². The molecule has 1 saturated heterocycles. The van der Waals surface area contributed by atoms with Gasteiger partial charge in [-0.2, -0.15) is 0 Å². The SMILES string of the molecule is CNc1cc([C@@H]2CCCN2Cc2ncccc2F)nc(C)n1. The van der Waals surface area contributed by atoms with Crippen LogP contribution in [0.4, 0.5) is 10.2 Å². The highest BCUT2D eigenvalue weighted by molar-refractivity contribution is 5.36. The third kappa shape index (κ3) is 3.06. The van der Waals surface area contributed by atoms with E-state index in [0.29, 0.717) is 12.2 Å². The fraction of sp³-hybridized carbons (Fsp3) is 0.438. The minimum atomic E-state index is -0.247. The Morgan fingerprint density at radius 2 is 2.27 bits per heavy atom. The van der Waals surface area contributed by atoms with E-state index in [1.54, 1.807) is 12.3 Å². The number of hydrogen-bond acceptors (Lipinski definition) is 5. The fourth-order valence-corrected chi connectivity index (χ4v) is 2.97. The van der Waals surface area contributed by atoms with Crippen molar-refractivity contribution in [2.75, 3.05) is 18.9 Å². The van der Waals surface area contributed by atoms with Crippen molar-refractivity contribution in [3.63, 3.8) is 0 Å². The van der Waals surface area contributed by atoms with Gasteiger partial charge in [-0.05, 0) is 38.4 Å². The maximum absolute atomic E-state index is 13.8. The topological polar surface area (TPSA) is 53.9 Å². The summed E-state index contributed by atoms with van der Waals surface area (Å²) in [6.07, 6.45) is 3.74. The Bertz CT molecular complexity index is 661. The second-order valence-corrected chi connectivity index (χ2v) is 5.54. The van der Waals surface area contributed by atoms with Gasteiger partial charge in [0.15, 0.2) is 0 Å². The maximum atomic E-state index is 13.8. The lowest BCUT2D eigenvalue weighted by Gasteiger charge is -2.24. The molecule has 2 aromatic rings. The second-order valence-electron chi connectivity index (χ2n) is 5.54. The summed E-state index contributed by atoms with van der Waals surface area (Å²) in [5.74, 6) is 1.32. The number of nitrogens with zero attached hydrogens (tertiary/aromatic N) is 4. The molecule has 1 N–H and O–H groups in total. The van der Waals surface area contributed by atoms with E-state index in [4.69, 9.17) is 0 Å². The number of anilines is 1. The van der Waals surface area contributed by atoms with E-state index in [9.17, 15) is 4.39 Å². The summed E-state index contributed by atoms with van der Waals surface area (Å²) in [5, 5.41) is 3.06.